The number of hydrogen-bond donors (Lipinski definition) is 4. The van der Waals surface area contributed by atoms with Gasteiger partial charge in [0.05, 0.1) is 10.6 Å². The third-order valence-corrected chi connectivity index (χ3v) is 4.66. The Morgan fingerprint density at radius 2 is 2.24 bits per heavy atom. The highest BCUT2D eigenvalue weighted by Crippen LogP contribution is 2.24. The summed E-state index contributed by atoms with van der Waals surface area (Å²) in [5, 5.41) is 19.3. The molecule has 0 atom stereocenters. The van der Waals surface area contributed by atoms with E-state index in [1.54, 1.807) is 24.9 Å². The monoisotopic (exact) mass is 382 g/mol. The van der Waals surface area contributed by atoms with E-state index in [1.807, 2.05) is 5.38 Å². The number of nitrogens with zero attached hydrogens (tertiary/aromatic N) is 4. The maximum atomic E-state index is 11.0. The second-order valence-corrected chi connectivity index (χ2v) is 6.65. The van der Waals surface area contributed by atoms with Crippen LogP contribution in [0.1, 0.15) is 5.69 Å². The summed E-state index contributed by atoms with van der Waals surface area (Å²) in [7, 11) is 1.71. The molecule has 0 bridgehead atoms. The summed E-state index contributed by atoms with van der Waals surface area (Å²) in [5.74, 6) is 2.23. The average Bonchev–Trinajstić information content (AvgIpc) is 3.00. The van der Waals surface area contributed by atoms with Crippen molar-refractivity contribution in [1.29, 1.82) is 0 Å². The number of hydrogen-bond acceptors (Lipinski definition) is 9. The number of thioether (sulfide) groups is 1. The van der Waals surface area contributed by atoms with Crippen molar-refractivity contribution in [3.63, 3.8) is 0 Å². The van der Waals surface area contributed by atoms with Crippen LogP contribution in [0.25, 0.3) is 0 Å². The van der Waals surface area contributed by atoms with Gasteiger partial charge in [0.15, 0.2) is 5.96 Å². The molecule has 0 amide bonds. The van der Waals surface area contributed by atoms with E-state index >= 15 is 0 Å². The first-order chi connectivity index (χ1) is 12.0. The van der Waals surface area contributed by atoms with E-state index in [2.05, 4.69) is 25.6 Å². The van der Waals surface area contributed by atoms with Crippen molar-refractivity contribution >= 4 is 51.5 Å². The molecule has 25 heavy (non-hydrogen) atoms. The maximum absolute atomic E-state index is 11.0. The average molecular weight is 382 g/mol. The molecule has 10 nitrogen and oxygen atoms in total. The highest BCUT2D eigenvalue weighted by atomic mass is 32.2. The standard InChI is InChI=1S/C13H18N8O2S2/c1-16-10-3-2-9(21(22)23)11(19-10)17-4-5-24-6-8-7-25-13(18-8)20-12(14)15/h2-3,7H,4-6H2,1H3,(H2,16,17,19)(H4,14,15,18,20). The van der Waals surface area contributed by atoms with E-state index in [0.717, 1.165) is 11.4 Å². The summed E-state index contributed by atoms with van der Waals surface area (Å²) >= 11 is 3.01. The molecule has 134 valence electrons. The van der Waals surface area contributed by atoms with Crippen LogP contribution in [0.4, 0.5) is 22.5 Å². The summed E-state index contributed by atoms with van der Waals surface area (Å²) in [4.78, 5) is 22.9. The number of aliphatic imine (C=N–C) groups is 1. The van der Waals surface area contributed by atoms with Crippen LogP contribution in [0.15, 0.2) is 22.5 Å². The lowest BCUT2D eigenvalue weighted by Crippen LogP contribution is -2.21. The van der Waals surface area contributed by atoms with Crippen LogP contribution < -0.4 is 22.1 Å². The molecule has 0 aliphatic heterocycles. The molecule has 2 heterocycles. The Hall–Kier alpha value is -2.60. The predicted molar refractivity (Wildman–Crippen MR) is 103 cm³/mol. The molecule has 0 radical (unpaired) electrons. The highest BCUT2D eigenvalue weighted by molar-refractivity contribution is 7.98. The van der Waals surface area contributed by atoms with Crippen molar-refractivity contribution in [2.24, 2.45) is 16.5 Å². The van der Waals surface area contributed by atoms with E-state index in [-0.39, 0.29) is 17.5 Å². The van der Waals surface area contributed by atoms with E-state index in [4.69, 9.17) is 11.5 Å². The van der Waals surface area contributed by atoms with Gasteiger partial charge in [-0.1, -0.05) is 0 Å². The Kier molecular flexibility index (Phi) is 6.77. The third-order valence-electron chi connectivity index (χ3n) is 2.88. The Morgan fingerprint density at radius 1 is 1.44 bits per heavy atom. The molecule has 0 saturated carbocycles. The van der Waals surface area contributed by atoms with Gasteiger partial charge < -0.3 is 22.1 Å². The molecular formula is C13H18N8O2S2. The fourth-order valence-electron chi connectivity index (χ4n) is 1.81. The first kappa shape index (κ1) is 18.7. The fraction of sp³-hybridized carbons (Fsp3) is 0.308. The number of nitrogens with two attached hydrogens (primary N) is 2. The van der Waals surface area contributed by atoms with E-state index in [9.17, 15) is 10.1 Å². The molecule has 0 unspecified atom stereocenters. The SMILES string of the molecule is CNc1ccc([N+](=O)[O-])c(NCCSCc2csc(N=C(N)N)n2)n1. The van der Waals surface area contributed by atoms with Crippen LogP contribution in [-0.2, 0) is 5.75 Å². The molecule has 2 aromatic rings. The lowest BCUT2D eigenvalue weighted by molar-refractivity contribution is -0.384. The second-order valence-electron chi connectivity index (χ2n) is 4.71. The van der Waals surface area contributed by atoms with E-state index in [0.29, 0.717) is 23.2 Å². The topological polar surface area (TPSA) is 157 Å². The Morgan fingerprint density at radius 3 is 2.92 bits per heavy atom. The summed E-state index contributed by atoms with van der Waals surface area (Å²) < 4.78 is 0. The van der Waals surface area contributed by atoms with Crippen molar-refractivity contribution in [3.05, 3.63) is 33.3 Å². The third kappa shape index (κ3) is 5.76. The van der Waals surface area contributed by atoms with Gasteiger partial charge >= 0.3 is 5.69 Å². The number of nitrogens with one attached hydrogen (secondary N) is 2. The maximum Gasteiger partial charge on any atom is 0.311 e. The number of guanidine groups is 1. The number of pyridine rings is 1. The minimum Gasteiger partial charge on any atom is -0.373 e. The highest BCUT2D eigenvalue weighted by Gasteiger charge is 2.15. The van der Waals surface area contributed by atoms with Crippen molar-refractivity contribution in [2.45, 2.75) is 5.75 Å². The first-order valence-electron chi connectivity index (χ1n) is 7.18. The summed E-state index contributed by atoms with van der Waals surface area (Å²) in [6, 6.07) is 2.99. The van der Waals surface area contributed by atoms with Crippen LogP contribution in [0, 0.1) is 10.1 Å². The second kappa shape index (κ2) is 9.03. The van der Waals surface area contributed by atoms with Crippen molar-refractivity contribution in [1.82, 2.24) is 9.97 Å². The largest absolute Gasteiger partial charge is 0.373 e. The molecule has 12 heteroatoms. The zero-order chi connectivity index (χ0) is 18.2. The fourth-order valence-corrected chi connectivity index (χ4v) is 3.37. The van der Waals surface area contributed by atoms with Crippen LogP contribution in [0.5, 0.6) is 0 Å². The smallest absolute Gasteiger partial charge is 0.311 e. The van der Waals surface area contributed by atoms with Gasteiger partial charge in [0, 0.05) is 36.5 Å². The number of rotatable bonds is 9. The van der Waals surface area contributed by atoms with Gasteiger partial charge in [0.2, 0.25) is 10.9 Å². The van der Waals surface area contributed by atoms with Crippen molar-refractivity contribution in [2.75, 3.05) is 30.0 Å². The zero-order valence-corrected chi connectivity index (χ0v) is 15.1. The minimum atomic E-state index is -0.456. The lowest BCUT2D eigenvalue weighted by atomic mass is 10.3. The molecule has 0 spiro atoms. The molecule has 0 saturated heterocycles. The number of thiazole rings is 1. The van der Waals surface area contributed by atoms with Gasteiger partial charge in [-0.3, -0.25) is 10.1 Å². The van der Waals surface area contributed by atoms with Gasteiger partial charge in [-0.15, -0.1) is 11.3 Å². The zero-order valence-electron chi connectivity index (χ0n) is 13.4. The molecular weight excluding hydrogens is 364 g/mol. The van der Waals surface area contributed by atoms with Crippen LogP contribution in [0.2, 0.25) is 0 Å². The minimum absolute atomic E-state index is 0.0179. The number of aromatic nitrogens is 2. The molecule has 0 aromatic carbocycles. The van der Waals surface area contributed by atoms with Crippen molar-refractivity contribution < 1.29 is 4.92 Å². The number of anilines is 2. The Bertz CT molecular complexity index is 760. The van der Waals surface area contributed by atoms with Crippen LogP contribution >= 0.6 is 23.1 Å². The van der Waals surface area contributed by atoms with E-state index < -0.39 is 4.92 Å². The van der Waals surface area contributed by atoms with Crippen molar-refractivity contribution in [3.8, 4) is 0 Å². The molecule has 0 fully saturated rings. The predicted octanol–water partition coefficient (Wildman–Crippen LogP) is 1.74. The lowest BCUT2D eigenvalue weighted by Gasteiger charge is -2.07. The van der Waals surface area contributed by atoms with Gasteiger partial charge in [0.25, 0.3) is 0 Å². The summed E-state index contributed by atoms with van der Waals surface area (Å²) in [6.45, 7) is 0.538. The summed E-state index contributed by atoms with van der Waals surface area (Å²) in [5.41, 5.74) is 11.4. The van der Waals surface area contributed by atoms with Crippen LogP contribution in [-0.4, -0.2) is 40.2 Å². The quantitative estimate of drug-likeness (QED) is 0.167. The first-order valence-corrected chi connectivity index (χ1v) is 9.22. The Labute approximate surface area is 152 Å². The van der Waals surface area contributed by atoms with Gasteiger partial charge in [-0.2, -0.15) is 16.8 Å². The number of nitro groups is 1. The molecule has 2 rings (SSSR count). The van der Waals surface area contributed by atoms with Gasteiger partial charge in [0.1, 0.15) is 5.82 Å². The molecule has 0 aliphatic rings. The van der Waals surface area contributed by atoms with Gasteiger partial charge in [-0.25, -0.2) is 9.97 Å². The molecule has 6 N–H and O–H groups in total. The van der Waals surface area contributed by atoms with Gasteiger partial charge in [-0.05, 0) is 6.07 Å². The molecule has 2 aromatic heterocycles. The molecule has 0 aliphatic carbocycles. The Balaban J connectivity index is 1.82. The van der Waals surface area contributed by atoms with Crippen LogP contribution in [0.3, 0.4) is 0 Å². The van der Waals surface area contributed by atoms with E-state index in [1.165, 1.54) is 17.4 Å². The normalized spacial score (nSPS) is 10.3. The summed E-state index contributed by atoms with van der Waals surface area (Å²) in [6.07, 6.45) is 0.